The van der Waals surface area contributed by atoms with Crippen LogP contribution in [0.5, 0.6) is 0 Å². The fourth-order valence-electron chi connectivity index (χ4n) is 2.75. The van der Waals surface area contributed by atoms with E-state index in [2.05, 4.69) is 4.90 Å². The lowest BCUT2D eigenvalue weighted by molar-refractivity contribution is -0.146. The van der Waals surface area contributed by atoms with E-state index in [4.69, 9.17) is 4.74 Å². The molecule has 0 radical (unpaired) electrons. The second-order valence-corrected chi connectivity index (χ2v) is 6.28. The third-order valence-corrected chi connectivity index (χ3v) is 3.60. The van der Waals surface area contributed by atoms with Gasteiger partial charge >= 0.3 is 12.1 Å². The summed E-state index contributed by atoms with van der Waals surface area (Å²) in [6, 6.07) is -0.521. The van der Waals surface area contributed by atoms with Crippen molar-refractivity contribution in [3.05, 3.63) is 0 Å². The summed E-state index contributed by atoms with van der Waals surface area (Å²) < 4.78 is 5.31. The first kappa shape index (κ1) is 14.1. The summed E-state index contributed by atoms with van der Waals surface area (Å²) in [5, 5.41) is 9.30. The van der Waals surface area contributed by atoms with Crippen molar-refractivity contribution in [2.24, 2.45) is 0 Å². The molecule has 2 fully saturated rings. The first-order valence-corrected chi connectivity index (χ1v) is 6.74. The van der Waals surface area contributed by atoms with Gasteiger partial charge in [-0.05, 0) is 40.2 Å². The van der Waals surface area contributed by atoms with Gasteiger partial charge in [0.05, 0.1) is 0 Å². The fourth-order valence-corrected chi connectivity index (χ4v) is 2.75. The van der Waals surface area contributed by atoms with E-state index in [1.807, 2.05) is 0 Å². The number of piperazine rings is 1. The van der Waals surface area contributed by atoms with Crippen molar-refractivity contribution in [2.45, 2.75) is 51.3 Å². The summed E-state index contributed by atoms with van der Waals surface area (Å²) in [6.45, 7) is 7.13. The summed E-state index contributed by atoms with van der Waals surface area (Å²) in [7, 11) is 0. The molecule has 0 aromatic carbocycles. The number of hydrogen-bond acceptors (Lipinski definition) is 4. The summed E-state index contributed by atoms with van der Waals surface area (Å²) in [5.41, 5.74) is -0.604. The smallest absolute Gasteiger partial charge is 0.411 e. The number of ether oxygens (including phenoxy) is 1. The number of nitrogens with zero attached hydrogens (tertiary/aromatic N) is 2. The fraction of sp³-hybridized carbons (Fsp3) is 0.846. The Bertz CT molecular complexity index is 377. The molecule has 0 spiro atoms. The maximum atomic E-state index is 12.1. The Morgan fingerprint density at radius 1 is 1.26 bits per heavy atom. The molecular formula is C13H22N2O4. The Balaban J connectivity index is 2.11. The topological polar surface area (TPSA) is 70.1 Å². The Morgan fingerprint density at radius 3 is 2.53 bits per heavy atom. The molecule has 1 N–H and O–H groups in total. The molecule has 108 valence electrons. The van der Waals surface area contributed by atoms with Crippen LogP contribution in [0.2, 0.25) is 0 Å². The highest BCUT2D eigenvalue weighted by Gasteiger charge is 2.43. The van der Waals surface area contributed by atoms with E-state index in [1.165, 1.54) is 4.90 Å². The van der Waals surface area contributed by atoms with E-state index in [0.717, 1.165) is 19.4 Å². The predicted octanol–water partition coefficient (Wildman–Crippen LogP) is 1.15. The SMILES string of the molecule is CC(C)(C)OC(=O)N1C[C@H]2CCCN2CC1C(=O)O. The average molecular weight is 270 g/mol. The summed E-state index contributed by atoms with van der Waals surface area (Å²) in [5.74, 6) is -0.962. The van der Waals surface area contributed by atoms with Crippen molar-refractivity contribution in [3.8, 4) is 0 Å². The number of rotatable bonds is 1. The van der Waals surface area contributed by atoms with Gasteiger partial charge in [-0.2, -0.15) is 0 Å². The van der Waals surface area contributed by atoms with Gasteiger partial charge in [0.25, 0.3) is 0 Å². The lowest BCUT2D eigenvalue weighted by Crippen LogP contribution is -2.61. The normalized spacial score (nSPS) is 28.1. The second-order valence-electron chi connectivity index (χ2n) is 6.28. The number of amides is 1. The summed E-state index contributed by atoms with van der Waals surface area (Å²) in [4.78, 5) is 27.0. The van der Waals surface area contributed by atoms with Gasteiger partial charge in [-0.15, -0.1) is 0 Å². The Hall–Kier alpha value is -1.30. The van der Waals surface area contributed by atoms with E-state index in [0.29, 0.717) is 13.1 Å². The van der Waals surface area contributed by atoms with Crippen LogP contribution in [0, 0.1) is 0 Å². The van der Waals surface area contributed by atoms with Crippen LogP contribution in [0.4, 0.5) is 4.79 Å². The molecule has 0 aromatic heterocycles. The number of hydrogen-bond donors (Lipinski definition) is 1. The lowest BCUT2D eigenvalue weighted by Gasteiger charge is -2.41. The molecule has 2 aliphatic rings. The zero-order chi connectivity index (χ0) is 14.2. The van der Waals surface area contributed by atoms with Gasteiger partial charge in [-0.3, -0.25) is 9.80 Å². The minimum Gasteiger partial charge on any atom is -0.480 e. The monoisotopic (exact) mass is 270 g/mol. The molecule has 2 rings (SSSR count). The van der Waals surface area contributed by atoms with Gasteiger partial charge < -0.3 is 9.84 Å². The van der Waals surface area contributed by atoms with E-state index in [-0.39, 0.29) is 6.04 Å². The number of carboxylic acids is 1. The molecule has 6 heteroatoms. The Kier molecular flexibility index (Phi) is 3.71. The highest BCUT2D eigenvalue weighted by molar-refractivity contribution is 5.80. The van der Waals surface area contributed by atoms with Crippen LogP contribution in [0.3, 0.4) is 0 Å². The number of aliphatic carboxylic acids is 1. The van der Waals surface area contributed by atoms with Gasteiger partial charge in [-0.25, -0.2) is 9.59 Å². The van der Waals surface area contributed by atoms with Crippen molar-refractivity contribution in [2.75, 3.05) is 19.6 Å². The lowest BCUT2D eigenvalue weighted by atomic mass is 10.1. The molecule has 0 bridgehead atoms. The summed E-state index contributed by atoms with van der Waals surface area (Å²) >= 11 is 0. The maximum absolute atomic E-state index is 12.1. The van der Waals surface area contributed by atoms with Crippen LogP contribution in [0.15, 0.2) is 0 Å². The minimum absolute atomic E-state index is 0.281. The molecule has 1 unspecified atom stereocenters. The van der Waals surface area contributed by atoms with Crippen molar-refractivity contribution < 1.29 is 19.4 Å². The number of carbonyl (C=O) groups excluding carboxylic acids is 1. The Morgan fingerprint density at radius 2 is 1.95 bits per heavy atom. The number of fused-ring (bicyclic) bond motifs is 1. The van der Waals surface area contributed by atoms with Crippen molar-refractivity contribution in [3.63, 3.8) is 0 Å². The molecule has 2 heterocycles. The molecule has 6 nitrogen and oxygen atoms in total. The third-order valence-electron chi connectivity index (χ3n) is 3.60. The van der Waals surface area contributed by atoms with Crippen LogP contribution >= 0.6 is 0 Å². The quantitative estimate of drug-likeness (QED) is 0.774. The van der Waals surface area contributed by atoms with E-state index in [1.54, 1.807) is 20.8 Å². The van der Waals surface area contributed by atoms with E-state index in [9.17, 15) is 14.7 Å². The van der Waals surface area contributed by atoms with Crippen molar-refractivity contribution in [1.29, 1.82) is 0 Å². The second kappa shape index (κ2) is 5.00. The Labute approximate surface area is 113 Å². The largest absolute Gasteiger partial charge is 0.480 e. The standard InChI is InChI=1S/C13H22N2O4/c1-13(2,3)19-12(18)15-7-9-5-4-6-14(9)8-10(15)11(16)17/h9-10H,4-8H2,1-3H3,(H,16,17)/t9-,10?/m1/s1. The molecule has 2 atom stereocenters. The molecule has 0 saturated carbocycles. The minimum atomic E-state index is -0.962. The first-order chi connectivity index (χ1) is 8.78. The zero-order valence-corrected chi connectivity index (χ0v) is 11.8. The number of carbonyl (C=O) groups is 2. The van der Waals surface area contributed by atoms with Gasteiger partial charge in [-0.1, -0.05) is 0 Å². The summed E-state index contributed by atoms with van der Waals surface area (Å²) in [6.07, 6.45) is 1.57. The van der Waals surface area contributed by atoms with E-state index >= 15 is 0 Å². The van der Waals surface area contributed by atoms with Crippen LogP contribution in [-0.4, -0.2) is 64.3 Å². The van der Waals surface area contributed by atoms with E-state index < -0.39 is 23.7 Å². The van der Waals surface area contributed by atoms with Gasteiger partial charge in [0.2, 0.25) is 0 Å². The number of carboxylic acid groups (broad SMARTS) is 1. The average Bonchev–Trinajstić information content (AvgIpc) is 2.71. The van der Waals surface area contributed by atoms with Gasteiger partial charge in [0, 0.05) is 19.1 Å². The zero-order valence-electron chi connectivity index (χ0n) is 11.8. The molecule has 1 amide bonds. The highest BCUT2D eigenvalue weighted by atomic mass is 16.6. The predicted molar refractivity (Wildman–Crippen MR) is 69.0 cm³/mol. The van der Waals surface area contributed by atoms with Gasteiger partial charge in [0.1, 0.15) is 11.6 Å². The van der Waals surface area contributed by atoms with Crippen LogP contribution in [0.1, 0.15) is 33.6 Å². The molecule has 0 aliphatic carbocycles. The highest BCUT2D eigenvalue weighted by Crippen LogP contribution is 2.26. The molecule has 0 aromatic rings. The molecular weight excluding hydrogens is 248 g/mol. The molecule has 19 heavy (non-hydrogen) atoms. The molecule has 2 saturated heterocycles. The van der Waals surface area contributed by atoms with Crippen LogP contribution in [-0.2, 0) is 9.53 Å². The first-order valence-electron chi connectivity index (χ1n) is 6.74. The van der Waals surface area contributed by atoms with Gasteiger partial charge in [0.15, 0.2) is 0 Å². The van der Waals surface area contributed by atoms with Crippen molar-refractivity contribution >= 4 is 12.1 Å². The third kappa shape index (κ3) is 3.18. The maximum Gasteiger partial charge on any atom is 0.411 e. The van der Waals surface area contributed by atoms with Crippen LogP contribution in [0.25, 0.3) is 0 Å². The molecule has 2 aliphatic heterocycles. The van der Waals surface area contributed by atoms with Crippen LogP contribution < -0.4 is 0 Å². The van der Waals surface area contributed by atoms with Crippen molar-refractivity contribution in [1.82, 2.24) is 9.80 Å².